The number of anilines is 1. The summed E-state index contributed by atoms with van der Waals surface area (Å²) < 4.78 is 29.0. The van der Waals surface area contributed by atoms with E-state index in [9.17, 15) is 13.2 Å². The predicted molar refractivity (Wildman–Crippen MR) is 105 cm³/mol. The largest absolute Gasteiger partial charge is 0.494 e. The number of primary sulfonamides is 1. The Labute approximate surface area is 160 Å². The molecule has 0 amide bonds. The van der Waals surface area contributed by atoms with Gasteiger partial charge in [0.1, 0.15) is 5.75 Å². The Morgan fingerprint density at radius 3 is 2.63 bits per heavy atom. The van der Waals surface area contributed by atoms with Gasteiger partial charge in [0.2, 0.25) is 10.0 Å². The van der Waals surface area contributed by atoms with Crippen LogP contribution in [0.15, 0.2) is 41.3 Å². The van der Waals surface area contributed by atoms with E-state index in [4.69, 9.17) is 9.88 Å². The number of carbonyl (C=O) groups excluding carboxylic acids is 1. The maximum absolute atomic E-state index is 11.8. The SMILES string of the molecule is CCOc1ccc(C(C)=O)cc1CN1c2ccc(S(N)(=O)=O)cc2C[C@H]1C. The van der Waals surface area contributed by atoms with Crippen LogP contribution in [-0.2, 0) is 23.0 Å². The fourth-order valence-corrected chi connectivity index (χ4v) is 4.06. The third-order valence-corrected chi connectivity index (χ3v) is 5.75. The molecule has 2 N–H and O–H groups in total. The van der Waals surface area contributed by atoms with Crippen LogP contribution < -0.4 is 14.8 Å². The van der Waals surface area contributed by atoms with Crippen LogP contribution >= 0.6 is 0 Å². The molecule has 0 fully saturated rings. The minimum atomic E-state index is -3.72. The van der Waals surface area contributed by atoms with E-state index in [1.165, 1.54) is 6.07 Å². The first kappa shape index (κ1) is 19.4. The minimum Gasteiger partial charge on any atom is -0.494 e. The van der Waals surface area contributed by atoms with Crippen LogP contribution in [0.1, 0.15) is 42.3 Å². The van der Waals surface area contributed by atoms with E-state index in [0.29, 0.717) is 18.7 Å². The quantitative estimate of drug-likeness (QED) is 0.769. The van der Waals surface area contributed by atoms with Crippen molar-refractivity contribution in [1.82, 2.24) is 0 Å². The molecule has 0 unspecified atom stereocenters. The van der Waals surface area contributed by atoms with Gasteiger partial charge in [-0.2, -0.15) is 0 Å². The number of hydrogen-bond acceptors (Lipinski definition) is 5. The van der Waals surface area contributed by atoms with Gasteiger partial charge in [0.15, 0.2) is 5.78 Å². The fraction of sp³-hybridized carbons (Fsp3) is 0.350. The van der Waals surface area contributed by atoms with Crippen molar-refractivity contribution in [2.24, 2.45) is 5.14 Å². The van der Waals surface area contributed by atoms with Gasteiger partial charge in [-0.15, -0.1) is 0 Å². The molecule has 0 spiro atoms. The molecule has 144 valence electrons. The van der Waals surface area contributed by atoms with Gasteiger partial charge in [-0.1, -0.05) is 0 Å². The summed E-state index contributed by atoms with van der Waals surface area (Å²) in [5.74, 6) is 0.760. The average molecular weight is 388 g/mol. The van der Waals surface area contributed by atoms with Crippen molar-refractivity contribution in [3.8, 4) is 5.75 Å². The van der Waals surface area contributed by atoms with Crippen LogP contribution in [0, 0.1) is 0 Å². The lowest BCUT2D eigenvalue weighted by Gasteiger charge is -2.26. The van der Waals surface area contributed by atoms with Crippen molar-refractivity contribution in [2.45, 2.75) is 44.7 Å². The molecule has 0 aromatic heterocycles. The molecule has 0 bridgehead atoms. The van der Waals surface area contributed by atoms with Crippen molar-refractivity contribution in [1.29, 1.82) is 0 Å². The second kappa shape index (κ2) is 7.32. The fourth-order valence-electron chi connectivity index (χ4n) is 3.49. The van der Waals surface area contributed by atoms with Crippen LogP contribution in [-0.4, -0.2) is 26.8 Å². The van der Waals surface area contributed by atoms with Gasteiger partial charge in [-0.25, -0.2) is 13.6 Å². The molecule has 3 rings (SSSR count). The highest BCUT2D eigenvalue weighted by Gasteiger charge is 2.28. The summed E-state index contributed by atoms with van der Waals surface area (Å²) in [7, 11) is -3.72. The molecule has 1 atom stereocenters. The standard InChI is InChI=1S/C20H24N2O4S/c1-4-26-20-8-5-15(14(3)23)10-17(20)12-22-13(2)9-16-11-18(27(21,24)25)6-7-19(16)22/h5-8,10-11,13H,4,9,12H2,1-3H3,(H2,21,24,25)/t13-/m1/s1. The summed E-state index contributed by atoms with van der Waals surface area (Å²) in [6.45, 7) is 6.66. The highest BCUT2D eigenvalue weighted by atomic mass is 32.2. The van der Waals surface area contributed by atoms with Gasteiger partial charge in [0.05, 0.1) is 11.5 Å². The number of ether oxygens (including phenoxy) is 1. The molecule has 1 aliphatic rings. The molecule has 27 heavy (non-hydrogen) atoms. The van der Waals surface area contributed by atoms with Gasteiger partial charge in [-0.3, -0.25) is 4.79 Å². The highest BCUT2D eigenvalue weighted by Crippen LogP contribution is 2.36. The maximum Gasteiger partial charge on any atom is 0.238 e. The molecule has 0 saturated carbocycles. The Morgan fingerprint density at radius 1 is 1.26 bits per heavy atom. The Kier molecular flexibility index (Phi) is 5.26. The van der Waals surface area contributed by atoms with Gasteiger partial charge >= 0.3 is 0 Å². The number of hydrogen-bond donors (Lipinski definition) is 1. The lowest BCUT2D eigenvalue weighted by atomic mass is 10.1. The van der Waals surface area contributed by atoms with E-state index in [1.807, 2.05) is 19.1 Å². The first-order valence-corrected chi connectivity index (χ1v) is 10.4. The Balaban J connectivity index is 1.97. The molecule has 7 heteroatoms. The van der Waals surface area contributed by atoms with E-state index in [-0.39, 0.29) is 16.7 Å². The highest BCUT2D eigenvalue weighted by molar-refractivity contribution is 7.89. The van der Waals surface area contributed by atoms with Crippen LogP contribution in [0.5, 0.6) is 5.75 Å². The number of nitrogens with zero attached hydrogens (tertiary/aromatic N) is 1. The molecule has 6 nitrogen and oxygen atoms in total. The molecule has 1 heterocycles. The molecule has 2 aromatic carbocycles. The van der Waals surface area contributed by atoms with Crippen molar-refractivity contribution in [3.05, 3.63) is 53.1 Å². The maximum atomic E-state index is 11.8. The molecule has 2 aromatic rings. The predicted octanol–water partition coefficient (Wildman–Crippen LogP) is 2.89. The molecular weight excluding hydrogens is 364 g/mol. The number of fused-ring (bicyclic) bond motifs is 1. The van der Waals surface area contributed by atoms with E-state index in [0.717, 1.165) is 29.0 Å². The van der Waals surface area contributed by atoms with Crippen molar-refractivity contribution in [2.75, 3.05) is 11.5 Å². The van der Waals surface area contributed by atoms with E-state index in [2.05, 4.69) is 11.8 Å². The number of Topliss-reactive ketones (excluding diaryl/α,β-unsaturated/α-hetero) is 1. The number of sulfonamides is 1. The van der Waals surface area contributed by atoms with E-state index in [1.54, 1.807) is 25.1 Å². The number of ketones is 1. The number of benzene rings is 2. The lowest BCUT2D eigenvalue weighted by molar-refractivity contribution is 0.101. The Hall–Kier alpha value is -2.38. The monoisotopic (exact) mass is 388 g/mol. The number of nitrogens with two attached hydrogens (primary N) is 1. The topological polar surface area (TPSA) is 89.7 Å². The third kappa shape index (κ3) is 3.99. The summed E-state index contributed by atoms with van der Waals surface area (Å²) >= 11 is 0. The van der Waals surface area contributed by atoms with Gasteiger partial charge in [-0.05, 0) is 69.2 Å². The molecular formula is C20H24N2O4S. The zero-order chi connectivity index (χ0) is 19.8. The van der Waals surface area contributed by atoms with Crippen LogP contribution in [0.25, 0.3) is 0 Å². The zero-order valence-corrected chi connectivity index (χ0v) is 16.5. The molecule has 0 aliphatic carbocycles. The van der Waals surface area contributed by atoms with Crippen molar-refractivity contribution < 1.29 is 17.9 Å². The van der Waals surface area contributed by atoms with Gasteiger partial charge in [0.25, 0.3) is 0 Å². The first-order valence-electron chi connectivity index (χ1n) is 8.89. The smallest absolute Gasteiger partial charge is 0.238 e. The second-order valence-electron chi connectivity index (χ2n) is 6.83. The third-order valence-electron chi connectivity index (χ3n) is 4.84. The lowest BCUT2D eigenvalue weighted by Crippen LogP contribution is -2.29. The second-order valence-corrected chi connectivity index (χ2v) is 8.39. The van der Waals surface area contributed by atoms with Crippen molar-refractivity contribution >= 4 is 21.5 Å². The zero-order valence-electron chi connectivity index (χ0n) is 15.7. The summed E-state index contributed by atoms with van der Waals surface area (Å²) in [4.78, 5) is 14.1. The Morgan fingerprint density at radius 2 is 2.00 bits per heavy atom. The Bertz CT molecular complexity index is 985. The summed E-state index contributed by atoms with van der Waals surface area (Å²) in [6.07, 6.45) is 0.731. The first-order chi connectivity index (χ1) is 12.7. The van der Waals surface area contributed by atoms with E-state index < -0.39 is 10.0 Å². The van der Waals surface area contributed by atoms with E-state index >= 15 is 0 Å². The molecule has 0 saturated heterocycles. The summed E-state index contributed by atoms with van der Waals surface area (Å²) in [5, 5.41) is 5.25. The summed E-state index contributed by atoms with van der Waals surface area (Å²) in [6, 6.07) is 10.7. The average Bonchev–Trinajstić information content (AvgIpc) is 2.90. The normalized spacial score (nSPS) is 16.3. The molecule has 1 aliphatic heterocycles. The minimum absolute atomic E-state index is 0.00645. The van der Waals surface area contributed by atoms with Gasteiger partial charge in [0, 0.05) is 29.4 Å². The molecule has 0 radical (unpaired) electrons. The number of rotatable bonds is 6. The number of carbonyl (C=O) groups is 1. The van der Waals surface area contributed by atoms with Crippen LogP contribution in [0.2, 0.25) is 0 Å². The van der Waals surface area contributed by atoms with Gasteiger partial charge < -0.3 is 9.64 Å². The van der Waals surface area contributed by atoms with Crippen molar-refractivity contribution in [3.63, 3.8) is 0 Å². The van der Waals surface area contributed by atoms with Crippen LogP contribution in [0.3, 0.4) is 0 Å². The summed E-state index contributed by atoms with van der Waals surface area (Å²) in [5.41, 5.74) is 3.50. The van der Waals surface area contributed by atoms with Crippen LogP contribution in [0.4, 0.5) is 5.69 Å².